The van der Waals surface area contributed by atoms with Gasteiger partial charge in [-0.15, -0.1) is 0 Å². The molecule has 1 saturated heterocycles. The third kappa shape index (κ3) is 15.2. The third-order valence-corrected chi connectivity index (χ3v) is 19.6. The van der Waals surface area contributed by atoms with Crippen molar-refractivity contribution in [1.29, 1.82) is 0 Å². The Morgan fingerprint density at radius 3 is 0.874 bits per heavy atom. The van der Waals surface area contributed by atoms with Gasteiger partial charge in [-0.3, -0.25) is 0 Å². The Kier molecular flexibility index (Phi) is 19.4. The maximum Gasteiger partial charge on any atom is 0.494 e. The molecule has 0 atom stereocenters. The molecule has 0 unspecified atom stereocenters. The zero-order chi connectivity index (χ0) is 70.3. The van der Waals surface area contributed by atoms with Crippen molar-refractivity contribution in [3.63, 3.8) is 0 Å². The Bertz CT molecular complexity index is 5430. The van der Waals surface area contributed by atoms with Crippen molar-refractivity contribution in [2.45, 2.75) is 38.9 Å². The van der Waals surface area contributed by atoms with Crippen molar-refractivity contribution >= 4 is 57.3 Å². The van der Waals surface area contributed by atoms with Crippen LogP contribution in [-0.4, -0.2) is 43.2 Å². The zero-order valence-corrected chi connectivity index (χ0v) is 58.9. The topological polar surface area (TPSA) is 82.9 Å². The average Bonchev–Trinajstić information content (AvgIpc) is 1.76. The summed E-state index contributed by atoms with van der Waals surface area (Å²) >= 11 is 11.6. The van der Waals surface area contributed by atoms with Gasteiger partial charge in [0.25, 0.3) is 0 Å². The standard InChI is InChI=1S/C55H37N3.C29H28BNO2.C9H5Cl2N/c1-5-15-38(16-6-1)47-34-50(40-19-9-3-10-20-40)56-52(36-47)42-25-27-44(28-26-42)54-33-46-23-13-14-24-49(46)55(58-54)45-31-29-43(30-32-45)53-37-48(39-17-7-2-8-18-39)35-51(57-53)41-21-11-4-12-22-41;1-28(2)29(3,4)33-30(32-28)25-17-15-23(16-18-25)27-20-24(21-11-7-5-8-12-21)19-26(31-27)22-13-9-6-10-14-22;10-8-5-6-3-1-2-4-7(6)9(11)12-8/h1-37H;5-20H,1-4H3;1-5H. The second kappa shape index (κ2) is 29.8. The lowest BCUT2D eigenvalue weighted by Crippen LogP contribution is -2.41. The third-order valence-electron chi connectivity index (χ3n) is 19.1. The van der Waals surface area contributed by atoms with Crippen molar-refractivity contribution < 1.29 is 9.31 Å². The van der Waals surface area contributed by atoms with Gasteiger partial charge in [0.15, 0.2) is 0 Å². The van der Waals surface area contributed by atoms with Crippen LogP contribution in [0.5, 0.6) is 0 Å². The van der Waals surface area contributed by atoms with Gasteiger partial charge in [0.05, 0.1) is 56.8 Å². The van der Waals surface area contributed by atoms with Crippen LogP contribution in [0, 0.1) is 0 Å². The summed E-state index contributed by atoms with van der Waals surface area (Å²) in [6.45, 7) is 8.30. The summed E-state index contributed by atoms with van der Waals surface area (Å²) < 4.78 is 12.4. The summed E-state index contributed by atoms with van der Waals surface area (Å²) in [4.78, 5) is 24.6. The van der Waals surface area contributed by atoms with Gasteiger partial charge in [-0.2, -0.15) is 0 Å². The van der Waals surface area contributed by atoms with Crippen molar-refractivity contribution in [3.05, 3.63) is 362 Å². The summed E-state index contributed by atoms with van der Waals surface area (Å²) in [5, 5.41) is 5.09. The van der Waals surface area contributed by atoms with Gasteiger partial charge in [0.2, 0.25) is 0 Å². The predicted octanol–water partition coefficient (Wildman–Crippen LogP) is 24.3. The second-order valence-electron chi connectivity index (χ2n) is 26.5. The first-order chi connectivity index (χ1) is 50.3. The molecule has 0 amide bonds. The van der Waals surface area contributed by atoms with Gasteiger partial charge in [-0.1, -0.05) is 327 Å². The fraction of sp³-hybridized carbons (Fsp3) is 0.0645. The molecule has 0 spiro atoms. The lowest BCUT2D eigenvalue weighted by atomic mass is 9.78. The summed E-state index contributed by atoms with van der Waals surface area (Å²) in [5.74, 6) is 0. The Balaban J connectivity index is 0.000000158. The summed E-state index contributed by atoms with van der Waals surface area (Å²) in [5.41, 5.74) is 23.3. The van der Waals surface area contributed by atoms with E-state index in [2.05, 4.69) is 318 Å². The summed E-state index contributed by atoms with van der Waals surface area (Å²) in [7, 11) is -0.368. The average molecular weight is 1370 g/mol. The van der Waals surface area contributed by atoms with E-state index in [1.54, 1.807) is 6.07 Å². The Morgan fingerprint density at radius 2 is 0.515 bits per heavy atom. The van der Waals surface area contributed by atoms with Crippen molar-refractivity contribution in [1.82, 2.24) is 24.9 Å². The number of pyridine rings is 5. The van der Waals surface area contributed by atoms with Crippen LogP contribution >= 0.6 is 23.2 Å². The molecule has 1 aliphatic rings. The molecule has 0 radical (unpaired) electrons. The number of benzene rings is 11. The van der Waals surface area contributed by atoms with E-state index >= 15 is 0 Å². The number of halogens is 2. The molecule has 16 aromatic rings. The highest BCUT2D eigenvalue weighted by Crippen LogP contribution is 2.40. The van der Waals surface area contributed by atoms with E-state index in [1.165, 1.54) is 5.56 Å². The number of rotatable bonds is 12. The van der Waals surface area contributed by atoms with Crippen LogP contribution in [0.25, 0.3) is 145 Å². The van der Waals surface area contributed by atoms with E-state index < -0.39 is 0 Å². The van der Waals surface area contributed by atoms with E-state index in [0.29, 0.717) is 10.3 Å². The van der Waals surface area contributed by atoms with E-state index in [9.17, 15) is 0 Å². The first kappa shape index (κ1) is 67.1. The fourth-order valence-corrected chi connectivity index (χ4v) is 13.3. The van der Waals surface area contributed by atoms with Crippen LogP contribution in [-0.2, 0) is 9.31 Å². The molecule has 17 rings (SSSR count). The van der Waals surface area contributed by atoms with Gasteiger partial charge in [-0.25, -0.2) is 24.9 Å². The molecule has 5 aromatic heterocycles. The normalized spacial score (nSPS) is 12.8. The number of nitrogens with zero attached hydrogens (tertiary/aromatic N) is 5. The largest absolute Gasteiger partial charge is 0.494 e. The Labute approximate surface area is 612 Å². The SMILES string of the molecule is CC1(C)OB(c2ccc(-c3cc(-c4ccccc4)cc(-c4ccccc4)n3)cc2)OC1(C)C.Clc1cc2ccccc2c(Cl)n1.c1ccc(-c2cc(-c3ccccc3)nc(-c3ccc(-c4cc5ccccc5c(-c5ccc(-c6cc(-c7ccccc7)cc(-c7ccccc7)n6)cc5)n4)cc3)c2)cc1. The smallest absolute Gasteiger partial charge is 0.399 e. The molecule has 6 heterocycles. The van der Waals surface area contributed by atoms with Gasteiger partial charge in [-0.05, 0) is 126 Å². The maximum absolute atomic E-state index is 6.21. The van der Waals surface area contributed by atoms with Gasteiger partial charge < -0.3 is 9.31 Å². The van der Waals surface area contributed by atoms with E-state index in [0.717, 1.165) is 145 Å². The fourth-order valence-electron chi connectivity index (χ4n) is 12.8. The van der Waals surface area contributed by atoms with Crippen molar-refractivity contribution in [2.24, 2.45) is 0 Å². The van der Waals surface area contributed by atoms with Crippen LogP contribution < -0.4 is 5.46 Å². The van der Waals surface area contributed by atoms with Crippen molar-refractivity contribution in [2.75, 3.05) is 0 Å². The first-order valence-corrected chi connectivity index (χ1v) is 35.2. The molecule has 0 saturated carbocycles. The van der Waals surface area contributed by atoms with Crippen LogP contribution in [0.3, 0.4) is 0 Å². The summed E-state index contributed by atoms with van der Waals surface area (Å²) in [6.07, 6.45) is 0. The van der Waals surface area contributed by atoms with Gasteiger partial charge in [0, 0.05) is 55.3 Å². The molecule has 103 heavy (non-hydrogen) atoms. The monoisotopic (exact) mass is 1370 g/mol. The van der Waals surface area contributed by atoms with Gasteiger partial charge >= 0.3 is 7.12 Å². The molecule has 7 nitrogen and oxygen atoms in total. The van der Waals surface area contributed by atoms with Crippen LogP contribution in [0.1, 0.15) is 27.7 Å². The Hall–Kier alpha value is -11.7. The quantitative estimate of drug-likeness (QED) is 0.0890. The highest BCUT2D eigenvalue weighted by atomic mass is 35.5. The lowest BCUT2D eigenvalue weighted by molar-refractivity contribution is 0.00578. The number of hydrogen-bond donors (Lipinski definition) is 0. The minimum atomic E-state index is -0.368. The lowest BCUT2D eigenvalue weighted by Gasteiger charge is -2.32. The first-order valence-electron chi connectivity index (χ1n) is 34.5. The molecule has 0 aliphatic carbocycles. The van der Waals surface area contributed by atoms with Crippen LogP contribution in [0.4, 0.5) is 0 Å². The van der Waals surface area contributed by atoms with E-state index in [-0.39, 0.29) is 18.3 Å². The van der Waals surface area contributed by atoms with E-state index in [4.69, 9.17) is 52.4 Å². The molecule has 496 valence electrons. The maximum atomic E-state index is 6.21. The Morgan fingerprint density at radius 1 is 0.243 bits per heavy atom. The van der Waals surface area contributed by atoms with E-state index in [1.807, 2.05) is 60.7 Å². The highest BCUT2D eigenvalue weighted by molar-refractivity contribution is 6.62. The minimum Gasteiger partial charge on any atom is -0.399 e. The number of hydrogen-bond acceptors (Lipinski definition) is 7. The molecule has 1 aliphatic heterocycles. The molecule has 10 heteroatoms. The molecule has 11 aromatic carbocycles. The minimum absolute atomic E-state index is 0.355. The number of aromatic nitrogens is 5. The molecular formula is C93H70BCl2N5O2. The van der Waals surface area contributed by atoms with Crippen LogP contribution in [0.2, 0.25) is 10.3 Å². The molecule has 0 N–H and O–H groups in total. The highest BCUT2D eigenvalue weighted by Gasteiger charge is 2.51. The zero-order valence-electron chi connectivity index (χ0n) is 57.4. The van der Waals surface area contributed by atoms with Crippen LogP contribution in [0.15, 0.2) is 352 Å². The summed E-state index contributed by atoms with van der Waals surface area (Å²) in [6, 6.07) is 121. The predicted molar refractivity (Wildman–Crippen MR) is 429 cm³/mol. The molecule has 0 bridgehead atoms. The number of fused-ring (bicyclic) bond motifs is 2. The molecule has 1 fully saturated rings. The second-order valence-corrected chi connectivity index (χ2v) is 27.2. The van der Waals surface area contributed by atoms with Crippen molar-refractivity contribution in [3.8, 4) is 123 Å². The molecular weight excluding hydrogens is 1300 g/mol. The van der Waals surface area contributed by atoms with Gasteiger partial charge in [0.1, 0.15) is 10.3 Å².